The fraction of sp³-hybridized carbons (Fsp3) is 0.500. The van der Waals surface area contributed by atoms with E-state index in [1.54, 1.807) is 24.3 Å². The molecule has 0 aliphatic heterocycles. The lowest BCUT2D eigenvalue weighted by molar-refractivity contribution is -0.122. The van der Waals surface area contributed by atoms with Gasteiger partial charge in [0.25, 0.3) is 0 Å². The van der Waals surface area contributed by atoms with E-state index in [2.05, 4.69) is 5.32 Å². The van der Waals surface area contributed by atoms with Gasteiger partial charge in [0.1, 0.15) is 5.75 Å². The van der Waals surface area contributed by atoms with Crippen LogP contribution < -0.4 is 11.1 Å². The number of amides is 1. The molecular weight excluding hydrogens is 244 g/mol. The number of nitrogens with one attached hydrogen (secondary N) is 1. The van der Waals surface area contributed by atoms with Crippen molar-refractivity contribution in [3.63, 3.8) is 0 Å². The largest absolute Gasteiger partial charge is 0.508 e. The Kier molecular flexibility index (Phi) is 4.07. The van der Waals surface area contributed by atoms with Crippen molar-refractivity contribution in [1.29, 1.82) is 0 Å². The predicted molar refractivity (Wildman–Crippen MR) is 71.5 cm³/mol. The second-order valence-corrected chi connectivity index (χ2v) is 5.35. The zero-order valence-corrected chi connectivity index (χ0v) is 10.8. The molecule has 0 saturated heterocycles. The number of aliphatic hydroxyl groups is 1. The van der Waals surface area contributed by atoms with E-state index in [1.807, 2.05) is 0 Å². The highest BCUT2D eigenvalue weighted by atomic mass is 16.3. The van der Waals surface area contributed by atoms with Crippen molar-refractivity contribution in [2.45, 2.75) is 25.3 Å². The van der Waals surface area contributed by atoms with Gasteiger partial charge in [-0.2, -0.15) is 0 Å². The van der Waals surface area contributed by atoms with Gasteiger partial charge in [-0.25, -0.2) is 0 Å². The third-order valence-corrected chi connectivity index (χ3v) is 3.66. The molecule has 19 heavy (non-hydrogen) atoms. The fourth-order valence-electron chi connectivity index (χ4n) is 1.95. The second kappa shape index (κ2) is 5.59. The van der Waals surface area contributed by atoms with Crippen LogP contribution in [0.2, 0.25) is 0 Å². The molecule has 1 amide bonds. The van der Waals surface area contributed by atoms with Gasteiger partial charge in [-0.05, 0) is 37.0 Å². The molecule has 1 aromatic rings. The van der Waals surface area contributed by atoms with E-state index in [0.29, 0.717) is 13.0 Å². The van der Waals surface area contributed by atoms with E-state index in [-0.39, 0.29) is 23.7 Å². The van der Waals surface area contributed by atoms with Crippen molar-refractivity contribution in [2.75, 3.05) is 13.2 Å². The molecule has 2 rings (SSSR count). The number of hydrogen-bond donors (Lipinski definition) is 4. The Balaban J connectivity index is 1.80. The van der Waals surface area contributed by atoms with Gasteiger partial charge in [-0.3, -0.25) is 4.79 Å². The van der Waals surface area contributed by atoms with Crippen LogP contribution in [0.25, 0.3) is 0 Å². The summed E-state index contributed by atoms with van der Waals surface area (Å²) in [6.07, 6.45) is 2.34. The lowest BCUT2D eigenvalue weighted by Crippen LogP contribution is -2.44. The standard InChI is InChI=1S/C14H20N2O3/c15-12(7-10-1-3-11(18)4-2-10)13(19)16-8-14(9-17)5-6-14/h1-4,12,17-18H,5-9,15H2,(H,16,19). The van der Waals surface area contributed by atoms with Gasteiger partial charge in [0.2, 0.25) is 5.91 Å². The van der Waals surface area contributed by atoms with Gasteiger partial charge in [0, 0.05) is 12.0 Å². The maximum Gasteiger partial charge on any atom is 0.237 e. The van der Waals surface area contributed by atoms with Crippen molar-refractivity contribution in [3.05, 3.63) is 29.8 Å². The quantitative estimate of drug-likeness (QED) is 0.588. The summed E-state index contributed by atoms with van der Waals surface area (Å²) in [5, 5.41) is 21.1. The number of nitrogens with two attached hydrogens (primary N) is 1. The predicted octanol–water partition coefficient (Wildman–Crippen LogP) is 0.151. The topological polar surface area (TPSA) is 95.6 Å². The van der Waals surface area contributed by atoms with E-state index in [1.165, 1.54) is 0 Å². The third-order valence-electron chi connectivity index (χ3n) is 3.66. The Labute approximate surface area is 112 Å². The van der Waals surface area contributed by atoms with Gasteiger partial charge in [-0.15, -0.1) is 0 Å². The summed E-state index contributed by atoms with van der Waals surface area (Å²) in [6.45, 7) is 0.603. The molecule has 0 aromatic heterocycles. The number of phenolic OH excluding ortho intramolecular Hbond substituents is 1. The van der Waals surface area contributed by atoms with Crippen molar-refractivity contribution < 1.29 is 15.0 Å². The molecule has 0 spiro atoms. The third kappa shape index (κ3) is 3.68. The van der Waals surface area contributed by atoms with Crippen LogP contribution in [-0.2, 0) is 11.2 Å². The summed E-state index contributed by atoms with van der Waals surface area (Å²) in [7, 11) is 0. The molecule has 1 fully saturated rings. The van der Waals surface area contributed by atoms with Crippen LogP contribution in [0.4, 0.5) is 0 Å². The maximum atomic E-state index is 11.8. The first kappa shape index (κ1) is 13.8. The number of aromatic hydroxyl groups is 1. The van der Waals surface area contributed by atoms with Crippen LogP contribution in [0.5, 0.6) is 5.75 Å². The normalized spacial score (nSPS) is 17.8. The smallest absolute Gasteiger partial charge is 0.237 e. The van der Waals surface area contributed by atoms with Crippen molar-refractivity contribution >= 4 is 5.91 Å². The lowest BCUT2D eigenvalue weighted by Gasteiger charge is -2.16. The van der Waals surface area contributed by atoms with E-state index >= 15 is 0 Å². The molecule has 1 unspecified atom stereocenters. The number of carbonyl (C=O) groups is 1. The molecule has 1 aliphatic rings. The molecule has 0 heterocycles. The molecule has 1 aromatic carbocycles. The Morgan fingerprint density at radius 1 is 1.37 bits per heavy atom. The highest BCUT2D eigenvalue weighted by Gasteiger charge is 2.42. The Hall–Kier alpha value is -1.59. The summed E-state index contributed by atoms with van der Waals surface area (Å²) in [5.41, 5.74) is 6.64. The number of benzene rings is 1. The van der Waals surface area contributed by atoms with E-state index in [4.69, 9.17) is 10.8 Å². The molecule has 5 N–H and O–H groups in total. The highest BCUT2D eigenvalue weighted by Crippen LogP contribution is 2.44. The van der Waals surface area contributed by atoms with Crippen molar-refractivity contribution in [2.24, 2.45) is 11.1 Å². The molecule has 1 atom stereocenters. The van der Waals surface area contributed by atoms with Gasteiger partial charge in [-0.1, -0.05) is 12.1 Å². The first-order chi connectivity index (χ1) is 9.04. The zero-order chi connectivity index (χ0) is 13.9. The number of hydrogen-bond acceptors (Lipinski definition) is 4. The number of phenols is 1. The summed E-state index contributed by atoms with van der Waals surface area (Å²) in [6, 6.07) is 6.03. The molecule has 104 valence electrons. The van der Waals surface area contributed by atoms with Gasteiger partial charge < -0.3 is 21.3 Å². The Bertz CT molecular complexity index is 441. The van der Waals surface area contributed by atoms with Gasteiger partial charge in [0.15, 0.2) is 0 Å². The van der Waals surface area contributed by atoms with Crippen LogP contribution in [-0.4, -0.2) is 35.3 Å². The lowest BCUT2D eigenvalue weighted by atomic mass is 10.0. The Morgan fingerprint density at radius 3 is 2.53 bits per heavy atom. The SMILES string of the molecule is NC(Cc1ccc(O)cc1)C(=O)NCC1(CO)CC1. The van der Waals surface area contributed by atoms with Crippen LogP contribution >= 0.6 is 0 Å². The number of rotatable bonds is 6. The van der Waals surface area contributed by atoms with E-state index < -0.39 is 6.04 Å². The summed E-state index contributed by atoms with van der Waals surface area (Å²) < 4.78 is 0. The van der Waals surface area contributed by atoms with Crippen LogP contribution in [0.1, 0.15) is 18.4 Å². The minimum atomic E-state index is -0.612. The molecular formula is C14H20N2O3. The monoisotopic (exact) mass is 264 g/mol. The van der Waals surface area contributed by atoms with Crippen LogP contribution in [0, 0.1) is 5.41 Å². The molecule has 1 aliphatic carbocycles. The van der Waals surface area contributed by atoms with E-state index in [9.17, 15) is 9.90 Å². The summed E-state index contributed by atoms with van der Waals surface area (Å²) in [4.78, 5) is 11.8. The van der Waals surface area contributed by atoms with Gasteiger partial charge in [0.05, 0.1) is 12.6 Å². The Morgan fingerprint density at radius 2 is 2.00 bits per heavy atom. The minimum absolute atomic E-state index is 0.103. The molecule has 0 radical (unpaired) electrons. The minimum Gasteiger partial charge on any atom is -0.508 e. The van der Waals surface area contributed by atoms with Crippen molar-refractivity contribution in [1.82, 2.24) is 5.32 Å². The molecule has 5 nitrogen and oxygen atoms in total. The number of aliphatic hydroxyl groups excluding tert-OH is 1. The summed E-state index contributed by atoms with van der Waals surface area (Å²) >= 11 is 0. The summed E-state index contributed by atoms with van der Waals surface area (Å²) in [5.74, 6) is -0.00630. The average molecular weight is 264 g/mol. The number of carbonyl (C=O) groups excluding carboxylic acids is 1. The highest BCUT2D eigenvalue weighted by molar-refractivity contribution is 5.81. The van der Waals surface area contributed by atoms with Gasteiger partial charge >= 0.3 is 0 Å². The average Bonchev–Trinajstić information content (AvgIpc) is 3.19. The zero-order valence-electron chi connectivity index (χ0n) is 10.8. The van der Waals surface area contributed by atoms with Crippen LogP contribution in [0.15, 0.2) is 24.3 Å². The molecule has 5 heteroatoms. The molecule has 0 bridgehead atoms. The van der Waals surface area contributed by atoms with Crippen molar-refractivity contribution in [3.8, 4) is 5.75 Å². The molecule has 1 saturated carbocycles. The first-order valence-corrected chi connectivity index (χ1v) is 6.47. The first-order valence-electron chi connectivity index (χ1n) is 6.47. The maximum absolute atomic E-state index is 11.8. The fourth-order valence-corrected chi connectivity index (χ4v) is 1.95. The van der Waals surface area contributed by atoms with E-state index in [0.717, 1.165) is 18.4 Å². The van der Waals surface area contributed by atoms with Crippen LogP contribution in [0.3, 0.4) is 0 Å². The second-order valence-electron chi connectivity index (χ2n) is 5.35.